The van der Waals surface area contributed by atoms with E-state index in [4.69, 9.17) is 0 Å². The lowest BCUT2D eigenvalue weighted by atomic mass is 10.3. The van der Waals surface area contributed by atoms with Crippen molar-refractivity contribution in [3.8, 4) is 0 Å². The van der Waals surface area contributed by atoms with Crippen LogP contribution < -0.4 is 5.32 Å². The molecule has 4 heteroatoms. The Labute approximate surface area is 94.0 Å². The summed E-state index contributed by atoms with van der Waals surface area (Å²) in [5, 5.41) is 7.83. The zero-order valence-electron chi connectivity index (χ0n) is 9.26. The lowest BCUT2D eigenvalue weighted by Gasteiger charge is -2.08. The van der Waals surface area contributed by atoms with Gasteiger partial charge in [0.1, 0.15) is 0 Å². The average Bonchev–Trinajstić information content (AvgIpc) is 2.39. The standard InChI is InChI=1S/C10H18BrN3/c1-5-8-10(11)9(14(4)13-8)6-12-7(2)3/h7,12H,5-6H2,1-4H3. The van der Waals surface area contributed by atoms with Crippen LogP contribution in [-0.2, 0) is 20.0 Å². The van der Waals surface area contributed by atoms with Crippen molar-refractivity contribution in [2.75, 3.05) is 0 Å². The normalized spacial score (nSPS) is 11.3. The van der Waals surface area contributed by atoms with E-state index in [1.165, 1.54) is 5.69 Å². The lowest BCUT2D eigenvalue weighted by Crippen LogP contribution is -2.23. The van der Waals surface area contributed by atoms with E-state index in [-0.39, 0.29) is 0 Å². The second-order valence-electron chi connectivity index (χ2n) is 3.72. The fourth-order valence-corrected chi connectivity index (χ4v) is 2.07. The Kier molecular flexibility index (Phi) is 4.13. The molecular weight excluding hydrogens is 242 g/mol. The Hall–Kier alpha value is -0.350. The minimum atomic E-state index is 0.502. The van der Waals surface area contributed by atoms with Crippen molar-refractivity contribution in [1.82, 2.24) is 15.1 Å². The Morgan fingerprint density at radius 3 is 2.57 bits per heavy atom. The molecule has 1 aromatic heterocycles. The van der Waals surface area contributed by atoms with Crippen molar-refractivity contribution in [1.29, 1.82) is 0 Å². The predicted octanol–water partition coefficient (Wildman–Crippen LogP) is 2.24. The van der Waals surface area contributed by atoms with Crippen LogP contribution in [0.4, 0.5) is 0 Å². The van der Waals surface area contributed by atoms with Gasteiger partial charge in [0.25, 0.3) is 0 Å². The SMILES string of the molecule is CCc1nn(C)c(CNC(C)C)c1Br. The van der Waals surface area contributed by atoms with Gasteiger partial charge in [-0.2, -0.15) is 5.10 Å². The minimum absolute atomic E-state index is 0.502. The number of hydrogen-bond acceptors (Lipinski definition) is 2. The number of halogens is 1. The molecule has 0 aliphatic rings. The summed E-state index contributed by atoms with van der Waals surface area (Å²) in [5.41, 5.74) is 2.35. The molecule has 0 spiro atoms. The summed E-state index contributed by atoms with van der Waals surface area (Å²) in [4.78, 5) is 0. The first-order valence-electron chi connectivity index (χ1n) is 4.99. The number of aryl methyl sites for hydroxylation is 2. The highest BCUT2D eigenvalue weighted by molar-refractivity contribution is 9.10. The van der Waals surface area contributed by atoms with E-state index >= 15 is 0 Å². The number of hydrogen-bond donors (Lipinski definition) is 1. The van der Waals surface area contributed by atoms with Crippen molar-refractivity contribution in [2.45, 2.75) is 39.8 Å². The summed E-state index contributed by atoms with van der Waals surface area (Å²) < 4.78 is 3.09. The maximum atomic E-state index is 4.44. The first-order valence-corrected chi connectivity index (χ1v) is 5.79. The molecule has 1 heterocycles. The van der Waals surface area contributed by atoms with Gasteiger partial charge in [0, 0.05) is 19.6 Å². The maximum absolute atomic E-state index is 4.44. The number of aromatic nitrogens is 2. The summed E-state index contributed by atoms with van der Waals surface area (Å²) in [6, 6.07) is 0.502. The highest BCUT2D eigenvalue weighted by Crippen LogP contribution is 2.21. The smallest absolute Gasteiger partial charge is 0.0767 e. The molecule has 0 saturated heterocycles. The molecule has 80 valence electrons. The molecule has 0 aromatic carbocycles. The van der Waals surface area contributed by atoms with Crippen molar-refractivity contribution in [3.63, 3.8) is 0 Å². The Morgan fingerprint density at radius 1 is 1.50 bits per heavy atom. The van der Waals surface area contributed by atoms with Gasteiger partial charge in [-0.3, -0.25) is 4.68 Å². The van der Waals surface area contributed by atoms with E-state index in [0.29, 0.717) is 6.04 Å². The molecule has 0 radical (unpaired) electrons. The van der Waals surface area contributed by atoms with Crippen molar-refractivity contribution in [2.24, 2.45) is 7.05 Å². The maximum Gasteiger partial charge on any atom is 0.0767 e. The third kappa shape index (κ3) is 2.58. The Bertz CT molecular complexity index is 305. The zero-order chi connectivity index (χ0) is 10.7. The molecule has 0 aliphatic heterocycles. The number of rotatable bonds is 4. The van der Waals surface area contributed by atoms with Gasteiger partial charge < -0.3 is 5.32 Å². The van der Waals surface area contributed by atoms with E-state index in [0.717, 1.165) is 23.1 Å². The highest BCUT2D eigenvalue weighted by Gasteiger charge is 2.11. The third-order valence-corrected chi connectivity index (χ3v) is 3.10. The minimum Gasteiger partial charge on any atom is -0.309 e. The quantitative estimate of drug-likeness (QED) is 0.899. The van der Waals surface area contributed by atoms with Crippen molar-refractivity contribution < 1.29 is 0 Å². The molecule has 1 aromatic rings. The summed E-state index contributed by atoms with van der Waals surface area (Å²) in [6.45, 7) is 7.27. The molecule has 3 nitrogen and oxygen atoms in total. The van der Waals surface area contributed by atoms with E-state index in [1.807, 2.05) is 11.7 Å². The van der Waals surface area contributed by atoms with Gasteiger partial charge in [0.15, 0.2) is 0 Å². The van der Waals surface area contributed by atoms with Gasteiger partial charge in [-0.25, -0.2) is 0 Å². The summed E-state index contributed by atoms with van der Waals surface area (Å²) in [5.74, 6) is 0. The van der Waals surface area contributed by atoms with Gasteiger partial charge in [0.05, 0.1) is 15.9 Å². The molecule has 0 amide bonds. The van der Waals surface area contributed by atoms with Crippen LogP contribution in [0.1, 0.15) is 32.2 Å². The zero-order valence-corrected chi connectivity index (χ0v) is 10.8. The average molecular weight is 260 g/mol. The van der Waals surface area contributed by atoms with Gasteiger partial charge in [0.2, 0.25) is 0 Å². The van der Waals surface area contributed by atoms with Crippen LogP contribution in [0.5, 0.6) is 0 Å². The molecule has 0 unspecified atom stereocenters. The van der Waals surface area contributed by atoms with Gasteiger partial charge in [-0.1, -0.05) is 20.8 Å². The molecule has 0 saturated carbocycles. The molecule has 0 bridgehead atoms. The van der Waals surface area contributed by atoms with E-state index in [9.17, 15) is 0 Å². The van der Waals surface area contributed by atoms with Crippen LogP contribution >= 0.6 is 15.9 Å². The fourth-order valence-electron chi connectivity index (χ4n) is 1.31. The van der Waals surface area contributed by atoms with E-state index in [1.54, 1.807) is 0 Å². The van der Waals surface area contributed by atoms with Crippen LogP contribution in [0.25, 0.3) is 0 Å². The molecule has 14 heavy (non-hydrogen) atoms. The summed E-state index contributed by atoms with van der Waals surface area (Å²) in [7, 11) is 1.99. The van der Waals surface area contributed by atoms with Crippen molar-refractivity contribution >= 4 is 15.9 Å². The lowest BCUT2D eigenvalue weighted by molar-refractivity contribution is 0.558. The first-order chi connectivity index (χ1) is 6.56. The Balaban J connectivity index is 2.80. The summed E-state index contributed by atoms with van der Waals surface area (Å²) >= 11 is 3.59. The van der Waals surface area contributed by atoms with Crippen LogP contribution in [0, 0.1) is 0 Å². The van der Waals surface area contributed by atoms with Crippen molar-refractivity contribution in [3.05, 3.63) is 15.9 Å². The van der Waals surface area contributed by atoms with Gasteiger partial charge in [-0.05, 0) is 22.4 Å². The molecule has 1 N–H and O–H groups in total. The van der Waals surface area contributed by atoms with Gasteiger partial charge in [-0.15, -0.1) is 0 Å². The predicted molar refractivity (Wildman–Crippen MR) is 62.3 cm³/mol. The number of nitrogens with zero attached hydrogens (tertiary/aromatic N) is 2. The molecule has 0 fully saturated rings. The second kappa shape index (κ2) is 4.94. The van der Waals surface area contributed by atoms with E-state index in [2.05, 4.69) is 47.1 Å². The van der Waals surface area contributed by atoms with Crippen LogP contribution in [0.15, 0.2) is 4.47 Å². The topological polar surface area (TPSA) is 29.9 Å². The monoisotopic (exact) mass is 259 g/mol. The van der Waals surface area contributed by atoms with Crippen LogP contribution in [-0.4, -0.2) is 15.8 Å². The van der Waals surface area contributed by atoms with Crippen LogP contribution in [0.3, 0.4) is 0 Å². The van der Waals surface area contributed by atoms with Crippen LogP contribution in [0.2, 0.25) is 0 Å². The molecular formula is C10H18BrN3. The molecule has 0 aliphatic carbocycles. The molecule has 0 atom stereocenters. The third-order valence-electron chi connectivity index (χ3n) is 2.18. The summed E-state index contributed by atoms with van der Waals surface area (Å²) in [6.07, 6.45) is 0.968. The second-order valence-corrected chi connectivity index (χ2v) is 4.51. The fraction of sp³-hybridized carbons (Fsp3) is 0.700. The van der Waals surface area contributed by atoms with Gasteiger partial charge >= 0.3 is 0 Å². The highest BCUT2D eigenvalue weighted by atomic mass is 79.9. The van der Waals surface area contributed by atoms with E-state index < -0.39 is 0 Å². The Morgan fingerprint density at radius 2 is 2.14 bits per heavy atom. The largest absolute Gasteiger partial charge is 0.309 e. The number of nitrogens with one attached hydrogen (secondary N) is 1. The molecule has 1 rings (SSSR count). The first kappa shape index (κ1) is 11.7.